The van der Waals surface area contributed by atoms with Crippen LogP contribution in [0.15, 0.2) is 0 Å². The molecule has 6 heteroatoms. The van der Waals surface area contributed by atoms with Crippen LogP contribution in [-0.4, -0.2) is 42.3 Å². The smallest absolute Gasteiger partial charge is 0.322 e. The zero-order valence-electron chi connectivity index (χ0n) is 10.1. The Morgan fingerprint density at radius 2 is 1.69 bits per heavy atom. The highest BCUT2D eigenvalue weighted by atomic mass is 16.5. The highest BCUT2D eigenvalue weighted by Crippen LogP contribution is 2.10. The SMILES string of the molecule is CCC(Cc1nc(OC)nc(OC)n1)NC. The summed E-state index contributed by atoms with van der Waals surface area (Å²) in [5.41, 5.74) is 0. The number of hydrogen-bond acceptors (Lipinski definition) is 6. The number of rotatable bonds is 6. The molecule has 16 heavy (non-hydrogen) atoms. The quantitative estimate of drug-likeness (QED) is 0.758. The summed E-state index contributed by atoms with van der Waals surface area (Å²) in [5.74, 6) is 0.671. The summed E-state index contributed by atoms with van der Waals surface area (Å²) >= 11 is 0. The topological polar surface area (TPSA) is 69.2 Å². The van der Waals surface area contributed by atoms with Crippen molar-refractivity contribution in [2.75, 3.05) is 21.3 Å². The van der Waals surface area contributed by atoms with Crippen molar-refractivity contribution in [3.8, 4) is 12.0 Å². The molecule has 0 aliphatic carbocycles. The van der Waals surface area contributed by atoms with Crippen molar-refractivity contribution in [2.45, 2.75) is 25.8 Å². The second-order valence-electron chi connectivity index (χ2n) is 3.32. The van der Waals surface area contributed by atoms with Crippen LogP contribution in [0.1, 0.15) is 19.2 Å². The fraction of sp³-hybridized carbons (Fsp3) is 0.700. The predicted molar refractivity (Wildman–Crippen MR) is 59.8 cm³/mol. The van der Waals surface area contributed by atoms with Gasteiger partial charge in [-0.15, -0.1) is 4.98 Å². The lowest BCUT2D eigenvalue weighted by Gasteiger charge is -2.12. The number of ether oxygens (including phenoxy) is 2. The van der Waals surface area contributed by atoms with E-state index in [9.17, 15) is 0 Å². The Kier molecular flexibility index (Phi) is 4.91. The van der Waals surface area contributed by atoms with Gasteiger partial charge in [0.25, 0.3) is 0 Å². The molecule has 1 heterocycles. The zero-order chi connectivity index (χ0) is 12.0. The molecule has 0 spiro atoms. The summed E-state index contributed by atoms with van der Waals surface area (Å²) < 4.78 is 9.97. The van der Waals surface area contributed by atoms with Gasteiger partial charge in [0.2, 0.25) is 0 Å². The second-order valence-corrected chi connectivity index (χ2v) is 3.32. The number of methoxy groups -OCH3 is 2. The summed E-state index contributed by atoms with van der Waals surface area (Å²) in [6.07, 6.45) is 1.73. The van der Waals surface area contributed by atoms with E-state index >= 15 is 0 Å². The van der Waals surface area contributed by atoms with Crippen LogP contribution in [0.3, 0.4) is 0 Å². The molecule has 1 rings (SSSR count). The van der Waals surface area contributed by atoms with Crippen LogP contribution in [0.25, 0.3) is 0 Å². The van der Waals surface area contributed by atoms with Crippen LogP contribution in [0.4, 0.5) is 0 Å². The Labute approximate surface area is 95.4 Å². The standard InChI is InChI=1S/C10H18N4O2/c1-5-7(11-2)6-8-12-9(15-3)14-10(13-8)16-4/h7,11H,5-6H2,1-4H3. The van der Waals surface area contributed by atoms with Gasteiger partial charge in [0, 0.05) is 12.5 Å². The van der Waals surface area contributed by atoms with Crippen LogP contribution in [-0.2, 0) is 6.42 Å². The first kappa shape index (κ1) is 12.6. The van der Waals surface area contributed by atoms with E-state index in [0.717, 1.165) is 12.8 Å². The lowest BCUT2D eigenvalue weighted by atomic mass is 10.1. The van der Waals surface area contributed by atoms with E-state index in [2.05, 4.69) is 27.2 Å². The van der Waals surface area contributed by atoms with Crippen LogP contribution in [0, 0.1) is 0 Å². The summed E-state index contributed by atoms with van der Waals surface area (Å²) in [6.45, 7) is 2.11. The normalized spacial score (nSPS) is 12.2. The number of hydrogen-bond donors (Lipinski definition) is 1. The molecule has 1 aromatic rings. The Balaban J connectivity index is 2.85. The van der Waals surface area contributed by atoms with E-state index in [4.69, 9.17) is 9.47 Å². The van der Waals surface area contributed by atoms with Crippen molar-refractivity contribution in [3.63, 3.8) is 0 Å². The molecule has 0 bridgehead atoms. The first-order valence-corrected chi connectivity index (χ1v) is 5.23. The number of nitrogens with zero attached hydrogens (tertiary/aromatic N) is 3. The molecule has 0 aliphatic heterocycles. The zero-order valence-corrected chi connectivity index (χ0v) is 10.1. The third kappa shape index (κ3) is 3.30. The first-order chi connectivity index (χ1) is 7.73. The summed E-state index contributed by atoms with van der Waals surface area (Å²) in [4.78, 5) is 12.3. The minimum Gasteiger partial charge on any atom is -0.467 e. The first-order valence-electron chi connectivity index (χ1n) is 5.23. The van der Waals surface area contributed by atoms with Crippen molar-refractivity contribution in [1.82, 2.24) is 20.3 Å². The number of nitrogens with one attached hydrogen (secondary N) is 1. The molecule has 0 saturated heterocycles. The van der Waals surface area contributed by atoms with Crippen LogP contribution in [0.5, 0.6) is 12.0 Å². The van der Waals surface area contributed by atoms with Crippen molar-refractivity contribution in [1.29, 1.82) is 0 Å². The lowest BCUT2D eigenvalue weighted by molar-refractivity contribution is 0.334. The molecule has 1 N–H and O–H groups in total. The second kappa shape index (κ2) is 6.22. The van der Waals surface area contributed by atoms with Gasteiger partial charge in [-0.1, -0.05) is 6.92 Å². The highest BCUT2D eigenvalue weighted by molar-refractivity contribution is 5.06. The monoisotopic (exact) mass is 226 g/mol. The van der Waals surface area contributed by atoms with Gasteiger partial charge in [0.15, 0.2) is 0 Å². The van der Waals surface area contributed by atoms with Crippen LogP contribution < -0.4 is 14.8 Å². The number of aromatic nitrogens is 3. The van der Waals surface area contributed by atoms with E-state index in [0.29, 0.717) is 11.9 Å². The molecular weight excluding hydrogens is 208 g/mol. The molecule has 1 unspecified atom stereocenters. The minimum absolute atomic E-state index is 0.285. The molecule has 1 aromatic heterocycles. The molecule has 0 radical (unpaired) electrons. The van der Waals surface area contributed by atoms with Gasteiger partial charge >= 0.3 is 12.0 Å². The minimum atomic E-state index is 0.285. The van der Waals surface area contributed by atoms with Crippen LogP contribution in [0.2, 0.25) is 0 Å². The van der Waals surface area contributed by atoms with Gasteiger partial charge in [-0.3, -0.25) is 0 Å². The van der Waals surface area contributed by atoms with E-state index in [1.54, 1.807) is 0 Å². The Morgan fingerprint density at radius 3 is 2.06 bits per heavy atom. The molecular formula is C10H18N4O2. The summed E-state index contributed by atoms with van der Waals surface area (Å²) in [6, 6.07) is 0.914. The lowest BCUT2D eigenvalue weighted by Crippen LogP contribution is -2.27. The van der Waals surface area contributed by atoms with Crippen molar-refractivity contribution in [2.24, 2.45) is 0 Å². The summed E-state index contributed by atoms with van der Waals surface area (Å²) in [5, 5.41) is 3.19. The number of likely N-dealkylation sites (N-methyl/N-ethyl adjacent to an activating group) is 1. The maximum Gasteiger partial charge on any atom is 0.322 e. The third-order valence-corrected chi connectivity index (χ3v) is 2.34. The fourth-order valence-corrected chi connectivity index (χ4v) is 1.32. The van der Waals surface area contributed by atoms with E-state index < -0.39 is 0 Å². The van der Waals surface area contributed by atoms with Gasteiger partial charge in [0.1, 0.15) is 5.82 Å². The fourth-order valence-electron chi connectivity index (χ4n) is 1.32. The van der Waals surface area contributed by atoms with Gasteiger partial charge in [-0.25, -0.2) is 0 Å². The predicted octanol–water partition coefficient (Wildman–Crippen LogP) is 0.429. The molecule has 6 nitrogen and oxygen atoms in total. The van der Waals surface area contributed by atoms with Gasteiger partial charge in [0.05, 0.1) is 14.2 Å². The Hall–Kier alpha value is -1.43. The molecule has 1 atom stereocenters. The van der Waals surface area contributed by atoms with Gasteiger partial charge in [-0.2, -0.15) is 9.97 Å². The highest BCUT2D eigenvalue weighted by Gasteiger charge is 2.11. The molecule has 90 valence electrons. The van der Waals surface area contributed by atoms with E-state index in [-0.39, 0.29) is 12.0 Å². The largest absolute Gasteiger partial charge is 0.467 e. The van der Waals surface area contributed by atoms with E-state index in [1.165, 1.54) is 14.2 Å². The molecule has 0 aromatic carbocycles. The van der Waals surface area contributed by atoms with Gasteiger partial charge in [-0.05, 0) is 13.5 Å². The molecule has 0 fully saturated rings. The third-order valence-electron chi connectivity index (χ3n) is 2.34. The maximum atomic E-state index is 4.98. The van der Waals surface area contributed by atoms with Gasteiger partial charge < -0.3 is 14.8 Å². The van der Waals surface area contributed by atoms with E-state index in [1.807, 2.05) is 7.05 Å². The van der Waals surface area contributed by atoms with Crippen molar-refractivity contribution in [3.05, 3.63) is 5.82 Å². The van der Waals surface area contributed by atoms with Crippen molar-refractivity contribution < 1.29 is 9.47 Å². The summed E-state index contributed by atoms with van der Waals surface area (Å²) in [7, 11) is 4.96. The molecule has 0 aliphatic rings. The maximum absolute atomic E-state index is 4.98. The van der Waals surface area contributed by atoms with Crippen LogP contribution >= 0.6 is 0 Å². The Morgan fingerprint density at radius 1 is 1.12 bits per heavy atom. The Bertz CT molecular complexity index is 306. The average Bonchev–Trinajstić information content (AvgIpc) is 2.35. The van der Waals surface area contributed by atoms with Crippen molar-refractivity contribution >= 4 is 0 Å². The molecule has 0 amide bonds. The average molecular weight is 226 g/mol. The molecule has 0 saturated carbocycles.